The van der Waals surface area contributed by atoms with E-state index in [0.29, 0.717) is 24.4 Å². The van der Waals surface area contributed by atoms with Crippen molar-refractivity contribution in [2.24, 2.45) is 0 Å². The van der Waals surface area contributed by atoms with Crippen molar-refractivity contribution in [1.29, 1.82) is 0 Å². The van der Waals surface area contributed by atoms with Gasteiger partial charge in [-0.25, -0.2) is 0 Å². The third kappa shape index (κ3) is 3.34. The summed E-state index contributed by atoms with van der Waals surface area (Å²) in [7, 11) is 1.63. The summed E-state index contributed by atoms with van der Waals surface area (Å²) in [6.07, 6.45) is 0. The van der Waals surface area contributed by atoms with Crippen LogP contribution in [0.4, 0.5) is 5.95 Å². The Morgan fingerprint density at radius 1 is 1.05 bits per heavy atom. The number of methoxy groups -OCH3 is 1. The van der Waals surface area contributed by atoms with Crippen LogP contribution < -0.4 is 14.8 Å². The number of ether oxygens (including phenoxy) is 2. The zero-order valence-electron chi connectivity index (χ0n) is 11.9. The molecule has 0 atom stereocenters. The van der Waals surface area contributed by atoms with Crippen LogP contribution in [0, 0.1) is 0 Å². The third-order valence-corrected chi connectivity index (χ3v) is 2.57. The van der Waals surface area contributed by atoms with Gasteiger partial charge < -0.3 is 14.8 Å². The van der Waals surface area contributed by atoms with Gasteiger partial charge in [0.1, 0.15) is 5.75 Å². The van der Waals surface area contributed by atoms with Crippen LogP contribution in [0.5, 0.6) is 11.8 Å². The molecule has 0 saturated heterocycles. The van der Waals surface area contributed by atoms with Gasteiger partial charge in [0.25, 0.3) is 0 Å². The largest absolute Gasteiger partial charge is 0.497 e. The van der Waals surface area contributed by atoms with Crippen molar-refractivity contribution in [1.82, 2.24) is 15.0 Å². The Hall–Kier alpha value is -2.37. The Morgan fingerprint density at radius 2 is 1.80 bits per heavy atom. The molecule has 6 nitrogen and oxygen atoms in total. The molecule has 1 aromatic heterocycles. The summed E-state index contributed by atoms with van der Waals surface area (Å²) in [5, 5.41) is 3.07. The number of hydrogen-bond donors (Lipinski definition) is 1. The Labute approximate surface area is 118 Å². The van der Waals surface area contributed by atoms with Crippen LogP contribution in [-0.4, -0.2) is 35.2 Å². The molecule has 1 heterocycles. The first-order valence-corrected chi connectivity index (χ1v) is 6.54. The second-order valence-electron chi connectivity index (χ2n) is 3.96. The second kappa shape index (κ2) is 6.70. The van der Waals surface area contributed by atoms with Gasteiger partial charge >= 0.3 is 6.01 Å². The molecule has 2 aromatic rings. The van der Waals surface area contributed by atoms with E-state index in [9.17, 15) is 0 Å². The predicted molar refractivity (Wildman–Crippen MR) is 77.1 cm³/mol. The molecule has 0 unspecified atom stereocenters. The normalized spacial score (nSPS) is 10.2. The highest BCUT2D eigenvalue weighted by atomic mass is 16.5. The predicted octanol–water partition coefficient (Wildman–Crippen LogP) is 2.38. The van der Waals surface area contributed by atoms with Crippen molar-refractivity contribution in [3.8, 4) is 23.1 Å². The van der Waals surface area contributed by atoms with Gasteiger partial charge in [-0.2, -0.15) is 15.0 Å². The van der Waals surface area contributed by atoms with Crippen LogP contribution in [0.1, 0.15) is 13.8 Å². The van der Waals surface area contributed by atoms with E-state index in [1.165, 1.54) is 0 Å². The van der Waals surface area contributed by atoms with Crippen molar-refractivity contribution >= 4 is 5.95 Å². The molecule has 0 amide bonds. The van der Waals surface area contributed by atoms with Crippen molar-refractivity contribution in [2.75, 3.05) is 25.6 Å². The minimum Gasteiger partial charge on any atom is -0.497 e. The maximum Gasteiger partial charge on any atom is 0.321 e. The van der Waals surface area contributed by atoms with Gasteiger partial charge in [-0.05, 0) is 38.1 Å². The summed E-state index contributed by atoms with van der Waals surface area (Å²) < 4.78 is 10.5. The first-order valence-electron chi connectivity index (χ1n) is 6.54. The summed E-state index contributed by atoms with van der Waals surface area (Å²) in [5.74, 6) is 1.87. The van der Waals surface area contributed by atoms with Gasteiger partial charge in [-0.1, -0.05) is 0 Å². The monoisotopic (exact) mass is 274 g/mol. The van der Waals surface area contributed by atoms with Gasteiger partial charge in [0.15, 0.2) is 5.82 Å². The fraction of sp³-hybridized carbons (Fsp3) is 0.357. The molecule has 1 N–H and O–H groups in total. The van der Waals surface area contributed by atoms with Gasteiger partial charge in [0, 0.05) is 12.1 Å². The molecule has 0 spiro atoms. The lowest BCUT2D eigenvalue weighted by atomic mass is 10.2. The highest BCUT2D eigenvalue weighted by Crippen LogP contribution is 2.21. The van der Waals surface area contributed by atoms with E-state index in [4.69, 9.17) is 9.47 Å². The maximum atomic E-state index is 5.37. The lowest BCUT2D eigenvalue weighted by molar-refractivity contribution is 0.312. The Morgan fingerprint density at radius 3 is 2.40 bits per heavy atom. The zero-order valence-corrected chi connectivity index (χ0v) is 11.9. The smallest absolute Gasteiger partial charge is 0.321 e. The third-order valence-electron chi connectivity index (χ3n) is 2.57. The molecule has 0 fully saturated rings. The van der Waals surface area contributed by atoms with Crippen LogP contribution >= 0.6 is 0 Å². The molecular formula is C14H18N4O2. The first kappa shape index (κ1) is 14.0. The molecule has 0 aliphatic heterocycles. The zero-order chi connectivity index (χ0) is 14.4. The van der Waals surface area contributed by atoms with E-state index in [1.54, 1.807) is 7.11 Å². The summed E-state index contributed by atoms with van der Waals surface area (Å²) in [6, 6.07) is 7.86. The number of nitrogens with zero attached hydrogens (tertiary/aromatic N) is 3. The van der Waals surface area contributed by atoms with Crippen molar-refractivity contribution < 1.29 is 9.47 Å². The quantitative estimate of drug-likeness (QED) is 0.872. The average Bonchev–Trinajstić information content (AvgIpc) is 2.48. The number of anilines is 1. The first-order chi connectivity index (χ1) is 9.76. The van der Waals surface area contributed by atoms with E-state index in [-0.39, 0.29) is 0 Å². The average molecular weight is 274 g/mol. The van der Waals surface area contributed by atoms with Crippen molar-refractivity contribution in [3.05, 3.63) is 24.3 Å². The molecule has 0 aliphatic carbocycles. The highest BCUT2D eigenvalue weighted by molar-refractivity contribution is 5.57. The van der Waals surface area contributed by atoms with Gasteiger partial charge in [-0.15, -0.1) is 0 Å². The van der Waals surface area contributed by atoms with E-state index in [2.05, 4.69) is 20.3 Å². The van der Waals surface area contributed by atoms with Gasteiger partial charge in [0.2, 0.25) is 5.95 Å². The SMILES string of the molecule is CCNc1nc(OCC)nc(-c2ccc(OC)cc2)n1. The lowest BCUT2D eigenvalue weighted by Gasteiger charge is -2.08. The van der Waals surface area contributed by atoms with Crippen LogP contribution in [0.25, 0.3) is 11.4 Å². The summed E-state index contributed by atoms with van der Waals surface area (Å²) >= 11 is 0. The van der Waals surface area contributed by atoms with E-state index < -0.39 is 0 Å². The van der Waals surface area contributed by atoms with E-state index >= 15 is 0 Å². The van der Waals surface area contributed by atoms with Gasteiger partial charge in [-0.3, -0.25) is 0 Å². The number of hydrogen-bond acceptors (Lipinski definition) is 6. The minimum absolute atomic E-state index is 0.323. The molecular weight excluding hydrogens is 256 g/mol. The molecule has 0 radical (unpaired) electrons. The summed E-state index contributed by atoms with van der Waals surface area (Å²) in [5.41, 5.74) is 0.883. The van der Waals surface area contributed by atoms with E-state index in [1.807, 2.05) is 38.1 Å². The molecule has 0 bridgehead atoms. The molecule has 2 rings (SSSR count). The summed E-state index contributed by atoms with van der Waals surface area (Å²) in [4.78, 5) is 12.9. The maximum absolute atomic E-state index is 5.37. The molecule has 106 valence electrons. The van der Waals surface area contributed by atoms with Crippen LogP contribution in [0.3, 0.4) is 0 Å². The molecule has 0 aliphatic rings. The number of benzene rings is 1. The van der Waals surface area contributed by atoms with Crippen LogP contribution in [0.2, 0.25) is 0 Å². The number of nitrogens with one attached hydrogen (secondary N) is 1. The fourth-order valence-electron chi connectivity index (χ4n) is 1.66. The lowest BCUT2D eigenvalue weighted by Crippen LogP contribution is -2.07. The fourth-order valence-corrected chi connectivity index (χ4v) is 1.66. The number of aromatic nitrogens is 3. The molecule has 1 aromatic carbocycles. The topological polar surface area (TPSA) is 69.2 Å². The second-order valence-corrected chi connectivity index (χ2v) is 3.96. The van der Waals surface area contributed by atoms with Crippen LogP contribution in [-0.2, 0) is 0 Å². The van der Waals surface area contributed by atoms with Crippen molar-refractivity contribution in [2.45, 2.75) is 13.8 Å². The van der Waals surface area contributed by atoms with Gasteiger partial charge in [0.05, 0.1) is 13.7 Å². The van der Waals surface area contributed by atoms with Crippen LogP contribution in [0.15, 0.2) is 24.3 Å². The Kier molecular flexibility index (Phi) is 4.70. The molecule has 0 saturated carbocycles. The minimum atomic E-state index is 0.323. The Balaban J connectivity index is 2.37. The van der Waals surface area contributed by atoms with E-state index in [0.717, 1.165) is 17.9 Å². The Bertz CT molecular complexity index is 533. The standard InChI is InChI=1S/C14H18N4O2/c1-4-15-13-16-12(17-14(18-13)20-5-2)10-6-8-11(19-3)9-7-10/h6-9H,4-5H2,1-3H3,(H,15,16,17,18). The molecule has 20 heavy (non-hydrogen) atoms. The highest BCUT2D eigenvalue weighted by Gasteiger charge is 2.09. The number of rotatable bonds is 6. The van der Waals surface area contributed by atoms with Crippen molar-refractivity contribution in [3.63, 3.8) is 0 Å². The summed E-state index contributed by atoms with van der Waals surface area (Å²) in [6.45, 7) is 5.12. The molecule has 6 heteroatoms.